The Balaban J connectivity index is 1.45. The Labute approximate surface area is 201 Å². The highest BCUT2D eigenvalue weighted by Crippen LogP contribution is 2.29. The monoisotopic (exact) mass is 484 g/mol. The fourth-order valence-corrected chi connectivity index (χ4v) is 5.84. The number of rotatable bonds is 5. The Morgan fingerprint density at radius 1 is 1.06 bits per heavy atom. The first kappa shape index (κ1) is 24.4. The van der Waals surface area contributed by atoms with Gasteiger partial charge in [-0.2, -0.15) is 4.31 Å². The second-order valence-electron chi connectivity index (χ2n) is 10.1. The summed E-state index contributed by atoms with van der Waals surface area (Å²) in [6.45, 7) is 10.8. The minimum atomic E-state index is -3.63. The number of anilines is 1. The van der Waals surface area contributed by atoms with Crippen LogP contribution in [-0.4, -0.2) is 43.9 Å². The SMILES string of the molecule is CC1CN(S(=O)(=O)c2ccc(NC(=O)Cc3coc4ccc(C(C)(C)C)cc34)cc2)CC(C)O1. The van der Waals surface area contributed by atoms with Crippen LogP contribution in [0.5, 0.6) is 0 Å². The average molecular weight is 485 g/mol. The number of nitrogens with zero attached hydrogens (tertiary/aromatic N) is 1. The standard InChI is InChI=1S/C26H32N2O5S/c1-17-14-28(15-18(2)33-17)34(30,31)22-9-7-21(8-10-22)27-25(29)12-19-16-32-24-11-6-20(13-23(19)24)26(3,4)5/h6-11,13,16-18H,12,14-15H2,1-5H3,(H,27,29). The molecule has 1 N–H and O–H groups in total. The molecule has 1 aliphatic rings. The third-order valence-electron chi connectivity index (χ3n) is 6.03. The van der Waals surface area contributed by atoms with Crippen molar-refractivity contribution >= 4 is 32.6 Å². The van der Waals surface area contributed by atoms with Crippen molar-refractivity contribution in [3.8, 4) is 0 Å². The molecule has 1 aromatic heterocycles. The van der Waals surface area contributed by atoms with Gasteiger partial charge in [0, 0.05) is 29.7 Å². The van der Waals surface area contributed by atoms with Crippen LogP contribution in [0.4, 0.5) is 5.69 Å². The van der Waals surface area contributed by atoms with Crippen LogP contribution >= 0.6 is 0 Å². The minimum Gasteiger partial charge on any atom is -0.464 e. The number of sulfonamides is 1. The zero-order chi connectivity index (χ0) is 24.7. The number of fused-ring (bicyclic) bond motifs is 1. The number of carbonyl (C=O) groups is 1. The van der Waals surface area contributed by atoms with Gasteiger partial charge in [-0.25, -0.2) is 8.42 Å². The molecule has 0 radical (unpaired) electrons. The molecule has 0 aliphatic carbocycles. The van der Waals surface area contributed by atoms with Gasteiger partial charge in [0.05, 0.1) is 29.8 Å². The second kappa shape index (κ2) is 9.17. The van der Waals surface area contributed by atoms with Crippen LogP contribution < -0.4 is 5.32 Å². The summed E-state index contributed by atoms with van der Waals surface area (Å²) in [5.74, 6) is -0.199. The van der Waals surface area contributed by atoms with E-state index in [2.05, 4.69) is 32.2 Å². The fourth-order valence-electron chi connectivity index (χ4n) is 4.25. The maximum absolute atomic E-state index is 13.0. The number of ether oxygens (including phenoxy) is 1. The van der Waals surface area contributed by atoms with Gasteiger partial charge in [-0.15, -0.1) is 0 Å². The van der Waals surface area contributed by atoms with Crippen LogP contribution in [0.15, 0.2) is 58.0 Å². The number of hydrogen-bond donors (Lipinski definition) is 1. The number of benzene rings is 2. The summed E-state index contributed by atoms with van der Waals surface area (Å²) in [5.41, 5.74) is 3.26. The van der Waals surface area contributed by atoms with Gasteiger partial charge in [0.25, 0.3) is 0 Å². The molecule has 0 spiro atoms. The minimum absolute atomic E-state index is 0.00955. The van der Waals surface area contributed by atoms with E-state index in [4.69, 9.17) is 9.15 Å². The van der Waals surface area contributed by atoms with Gasteiger partial charge in [0.2, 0.25) is 15.9 Å². The van der Waals surface area contributed by atoms with Crippen molar-refractivity contribution in [1.29, 1.82) is 0 Å². The van der Waals surface area contributed by atoms with Crippen LogP contribution in [-0.2, 0) is 31.4 Å². The smallest absolute Gasteiger partial charge is 0.243 e. The van der Waals surface area contributed by atoms with E-state index < -0.39 is 10.0 Å². The summed E-state index contributed by atoms with van der Waals surface area (Å²) < 4.78 is 38.8. The maximum Gasteiger partial charge on any atom is 0.243 e. The molecule has 1 aliphatic heterocycles. The topological polar surface area (TPSA) is 88.9 Å². The average Bonchev–Trinajstić information content (AvgIpc) is 3.15. The Hall–Kier alpha value is -2.68. The number of carbonyl (C=O) groups excluding carboxylic acids is 1. The molecule has 2 atom stereocenters. The molecule has 0 bridgehead atoms. The molecule has 4 rings (SSSR count). The Bertz CT molecular complexity index is 1280. The summed E-state index contributed by atoms with van der Waals surface area (Å²) in [6, 6.07) is 12.3. The molecule has 182 valence electrons. The van der Waals surface area contributed by atoms with E-state index in [1.807, 2.05) is 26.0 Å². The molecule has 8 heteroatoms. The summed E-state index contributed by atoms with van der Waals surface area (Å²) in [6.07, 6.45) is 1.46. The van der Waals surface area contributed by atoms with Crippen molar-refractivity contribution in [2.24, 2.45) is 0 Å². The van der Waals surface area contributed by atoms with Crippen LogP contribution in [0, 0.1) is 0 Å². The molecular weight excluding hydrogens is 452 g/mol. The third kappa shape index (κ3) is 5.19. The molecule has 34 heavy (non-hydrogen) atoms. The normalized spacial score (nSPS) is 19.9. The molecular formula is C26H32N2O5S. The maximum atomic E-state index is 13.0. The number of nitrogens with one attached hydrogen (secondary N) is 1. The molecule has 1 fully saturated rings. The van der Waals surface area contributed by atoms with Crippen LogP contribution in [0.1, 0.15) is 45.7 Å². The number of amides is 1. The Kier molecular flexibility index (Phi) is 6.59. The van der Waals surface area contributed by atoms with E-state index in [-0.39, 0.29) is 34.8 Å². The lowest BCUT2D eigenvalue weighted by Crippen LogP contribution is -2.48. The van der Waals surface area contributed by atoms with Gasteiger partial charge in [0.15, 0.2) is 0 Å². The summed E-state index contributed by atoms with van der Waals surface area (Å²) in [4.78, 5) is 12.9. The first-order valence-corrected chi connectivity index (χ1v) is 12.9. The quantitative estimate of drug-likeness (QED) is 0.567. The Morgan fingerprint density at radius 2 is 1.71 bits per heavy atom. The van der Waals surface area contributed by atoms with E-state index in [0.717, 1.165) is 16.5 Å². The third-order valence-corrected chi connectivity index (χ3v) is 7.88. The predicted molar refractivity (Wildman–Crippen MR) is 132 cm³/mol. The van der Waals surface area contributed by atoms with Gasteiger partial charge in [-0.1, -0.05) is 26.8 Å². The summed E-state index contributed by atoms with van der Waals surface area (Å²) in [7, 11) is -3.63. The van der Waals surface area contributed by atoms with Crippen molar-refractivity contribution in [3.05, 3.63) is 59.9 Å². The molecule has 2 unspecified atom stereocenters. The molecule has 1 saturated heterocycles. The lowest BCUT2D eigenvalue weighted by molar-refractivity contribution is -0.115. The zero-order valence-electron chi connectivity index (χ0n) is 20.3. The van der Waals surface area contributed by atoms with Crippen LogP contribution in [0.25, 0.3) is 11.0 Å². The predicted octanol–water partition coefficient (Wildman–Crippen LogP) is 4.71. The molecule has 2 aromatic carbocycles. The lowest BCUT2D eigenvalue weighted by atomic mass is 9.86. The van der Waals surface area contributed by atoms with Gasteiger partial charge in [0.1, 0.15) is 5.58 Å². The fraction of sp³-hybridized carbons (Fsp3) is 0.423. The Morgan fingerprint density at radius 3 is 2.32 bits per heavy atom. The van der Waals surface area contributed by atoms with Crippen molar-refractivity contribution in [2.45, 2.75) is 63.6 Å². The first-order valence-electron chi connectivity index (χ1n) is 11.5. The highest BCUT2D eigenvalue weighted by molar-refractivity contribution is 7.89. The number of morpholine rings is 1. The van der Waals surface area contributed by atoms with Crippen molar-refractivity contribution < 1.29 is 22.4 Å². The first-order chi connectivity index (χ1) is 15.9. The van der Waals surface area contributed by atoms with Gasteiger partial charge in [-0.3, -0.25) is 4.79 Å². The lowest BCUT2D eigenvalue weighted by Gasteiger charge is -2.34. The molecule has 0 saturated carbocycles. The largest absolute Gasteiger partial charge is 0.464 e. The zero-order valence-corrected chi connectivity index (χ0v) is 21.1. The van der Waals surface area contributed by atoms with Crippen molar-refractivity contribution in [2.75, 3.05) is 18.4 Å². The summed E-state index contributed by atoms with van der Waals surface area (Å²) >= 11 is 0. The number of furan rings is 1. The molecule has 1 amide bonds. The summed E-state index contributed by atoms with van der Waals surface area (Å²) in [5, 5.41) is 3.78. The van der Waals surface area contributed by atoms with Gasteiger partial charge < -0.3 is 14.5 Å². The van der Waals surface area contributed by atoms with Gasteiger partial charge in [-0.05, 0) is 61.2 Å². The van der Waals surface area contributed by atoms with E-state index >= 15 is 0 Å². The van der Waals surface area contributed by atoms with E-state index in [0.29, 0.717) is 18.8 Å². The van der Waals surface area contributed by atoms with E-state index in [1.165, 1.54) is 22.0 Å². The van der Waals surface area contributed by atoms with E-state index in [1.54, 1.807) is 18.4 Å². The highest BCUT2D eigenvalue weighted by atomic mass is 32.2. The molecule has 2 heterocycles. The second-order valence-corrected chi connectivity index (χ2v) is 12.0. The van der Waals surface area contributed by atoms with Crippen molar-refractivity contribution in [1.82, 2.24) is 4.31 Å². The van der Waals surface area contributed by atoms with Crippen LogP contribution in [0.3, 0.4) is 0 Å². The number of hydrogen-bond acceptors (Lipinski definition) is 5. The van der Waals surface area contributed by atoms with Crippen molar-refractivity contribution in [3.63, 3.8) is 0 Å². The van der Waals surface area contributed by atoms with Crippen LogP contribution in [0.2, 0.25) is 0 Å². The van der Waals surface area contributed by atoms with Gasteiger partial charge >= 0.3 is 0 Å². The molecule has 7 nitrogen and oxygen atoms in total. The van der Waals surface area contributed by atoms with E-state index in [9.17, 15) is 13.2 Å². The highest BCUT2D eigenvalue weighted by Gasteiger charge is 2.32. The molecule has 3 aromatic rings.